The SMILES string of the molecule is CN(/C(=C/c1ccccc1)C(F)(F)F)c1ccc(C(F)(F)F)cc1. The van der Waals surface area contributed by atoms with Gasteiger partial charge in [0.25, 0.3) is 0 Å². The maximum atomic E-state index is 13.3. The predicted molar refractivity (Wildman–Crippen MR) is 80.3 cm³/mol. The normalized spacial score (nSPS) is 13.0. The van der Waals surface area contributed by atoms with Crippen LogP contribution in [-0.4, -0.2) is 13.2 Å². The second-order valence-corrected chi connectivity index (χ2v) is 5.04. The first-order valence-corrected chi connectivity index (χ1v) is 6.84. The Hall–Kier alpha value is -2.44. The molecule has 128 valence electrons. The number of hydrogen-bond acceptors (Lipinski definition) is 1. The predicted octanol–water partition coefficient (Wildman–Crippen LogP) is 5.75. The number of alkyl halides is 6. The summed E-state index contributed by atoms with van der Waals surface area (Å²) in [5.41, 5.74) is -1.56. The van der Waals surface area contributed by atoms with E-state index in [1.54, 1.807) is 18.2 Å². The molecule has 0 saturated carbocycles. The summed E-state index contributed by atoms with van der Waals surface area (Å²) in [6.45, 7) is 0. The van der Waals surface area contributed by atoms with E-state index in [1.807, 2.05) is 0 Å². The van der Waals surface area contributed by atoms with Crippen molar-refractivity contribution in [2.24, 2.45) is 0 Å². The molecule has 24 heavy (non-hydrogen) atoms. The van der Waals surface area contributed by atoms with Gasteiger partial charge in [0, 0.05) is 12.7 Å². The summed E-state index contributed by atoms with van der Waals surface area (Å²) in [6, 6.07) is 11.4. The monoisotopic (exact) mass is 345 g/mol. The minimum atomic E-state index is -4.66. The van der Waals surface area contributed by atoms with Crippen molar-refractivity contribution in [1.29, 1.82) is 0 Å². The number of nitrogens with zero attached hydrogens (tertiary/aromatic N) is 1. The molecule has 0 amide bonds. The number of halogens is 6. The molecule has 0 N–H and O–H groups in total. The molecule has 2 aromatic rings. The fourth-order valence-electron chi connectivity index (χ4n) is 2.09. The van der Waals surface area contributed by atoms with Crippen molar-refractivity contribution in [3.05, 3.63) is 71.4 Å². The van der Waals surface area contributed by atoms with Crippen LogP contribution in [0, 0.1) is 0 Å². The third kappa shape index (κ3) is 4.31. The van der Waals surface area contributed by atoms with Crippen LogP contribution >= 0.6 is 0 Å². The van der Waals surface area contributed by atoms with Crippen LogP contribution in [0.1, 0.15) is 11.1 Å². The van der Waals surface area contributed by atoms with Gasteiger partial charge in [0.15, 0.2) is 0 Å². The lowest BCUT2D eigenvalue weighted by atomic mass is 10.1. The number of hydrogen-bond donors (Lipinski definition) is 0. The Morgan fingerprint density at radius 2 is 1.38 bits per heavy atom. The molecule has 0 aliphatic heterocycles. The van der Waals surface area contributed by atoms with Gasteiger partial charge in [-0.25, -0.2) is 0 Å². The standard InChI is InChI=1S/C17H13F6N/c1-24(14-9-7-13(8-10-14)16(18,19)20)15(17(21,22)23)11-12-5-3-2-4-6-12/h2-11H,1H3/b15-11+. The van der Waals surface area contributed by atoms with E-state index in [2.05, 4.69) is 0 Å². The molecule has 1 nitrogen and oxygen atoms in total. The molecule has 0 spiro atoms. The fourth-order valence-corrected chi connectivity index (χ4v) is 2.09. The third-order valence-electron chi connectivity index (χ3n) is 3.34. The van der Waals surface area contributed by atoms with Gasteiger partial charge in [-0.05, 0) is 35.9 Å². The van der Waals surface area contributed by atoms with Crippen LogP contribution in [0.4, 0.5) is 32.0 Å². The van der Waals surface area contributed by atoms with Crippen molar-refractivity contribution in [2.75, 3.05) is 11.9 Å². The van der Waals surface area contributed by atoms with Crippen molar-refractivity contribution < 1.29 is 26.3 Å². The molecule has 0 aliphatic rings. The number of anilines is 1. The number of rotatable bonds is 3. The van der Waals surface area contributed by atoms with Gasteiger partial charge < -0.3 is 4.90 Å². The van der Waals surface area contributed by atoms with E-state index in [9.17, 15) is 26.3 Å². The molecule has 7 heteroatoms. The lowest BCUT2D eigenvalue weighted by Gasteiger charge is -2.25. The number of allylic oxidation sites excluding steroid dienone is 1. The molecule has 0 bridgehead atoms. The minimum Gasteiger partial charge on any atom is -0.341 e. The van der Waals surface area contributed by atoms with Crippen LogP contribution < -0.4 is 4.90 Å². The molecule has 2 aromatic carbocycles. The Labute approximate surface area is 134 Å². The van der Waals surface area contributed by atoms with Crippen LogP contribution in [0.3, 0.4) is 0 Å². The summed E-state index contributed by atoms with van der Waals surface area (Å²) < 4.78 is 77.6. The zero-order chi connectivity index (χ0) is 18.0. The molecule has 0 radical (unpaired) electrons. The van der Waals surface area contributed by atoms with Gasteiger partial charge in [-0.15, -0.1) is 0 Å². The first kappa shape index (κ1) is 17.9. The van der Waals surface area contributed by atoms with Gasteiger partial charge in [-0.2, -0.15) is 26.3 Å². The minimum absolute atomic E-state index is 0.00232. The average Bonchev–Trinajstić information content (AvgIpc) is 2.51. The van der Waals surface area contributed by atoms with Gasteiger partial charge >= 0.3 is 12.4 Å². The molecule has 0 unspecified atom stereocenters. The highest BCUT2D eigenvalue weighted by molar-refractivity contribution is 5.63. The molecule has 0 atom stereocenters. The van der Waals surface area contributed by atoms with Crippen molar-refractivity contribution in [2.45, 2.75) is 12.4 Å². The van der Waals surface area contributed by atoms with E-state index in [0.29, 0.717) is 5.56 Å². The molecule has 0 saturated heterocycles. The molecular weight excluding hydrogens is 332 g/mol. The van der Waals surface area contributed by atoms with E-state index in [-0.39, 0.29) is 5.69 Å². The zero-order valence-corrected chi connectivity index (χ0v) is 12.5. The maximum Gasteiger partial charge on any atom is 0.431 e. The average molecular weight is 345 g/mol. The van der Waals surface area contributed by atoms with E-state index in [0.717, 1.165) is 42.3 Å². The van der Waals surface area contributed by atoms with Crippen molar-refractivity contribution in [1.82, 2.24) is 0 Å². The summed E-state index contributed by atoms with van der Waals surface area (Å²) in [5.74, 6) is 0. The summed E-state index contributed by atoms with van der Waals surface area (Å²) in [4.78, 5) is 0.813. The Balaban J connectivity index is 2.39. The van der Waals surface area contributed by atoms with Crippen LogP contribution in [-0.2, 0) is 6.18 Å². The zero-order valence-electron chi connectivity index (χ0n) is 12.5. The van der Waals surface area contributed by atoms with Crippen molar-refractivity contribution >= 4 is 11.8 Å². The van der Waals surface area contributed by atoms with E-state index >= 15 is 0 Å². The Morgan fingerprint density at radius 1 is 0.833 bits per heavy atom. The molecule has 0 heterocycles. The Kier molecular flexibility index (Phi) is 4.91. The highest BCUT2D eigenvalue weighted by Gasteiger charge is 2.37. The molecule has 0 fully saturated rings. The Bertz CT molecular complexity index is 699. The highest BCUT2D eigenvalue weighted by atomic mass is 19.4. The van der Waals surface area contributed by atoms with Gasteiger partial charge in [0.2, 0.25) is 0 Å². The summed E-state index contributed by atoms with van der Waals surface area (Å²) in [5, 5.41) is 0. The highest BCUT2D eigenvalue weighted by Crippen LogP contribution is 2.35. The molecule has 2 rings (SSSR count). The Morgan fingerprint density at radius 3 is 1.83 bits per heavy atom. The van der Waals surface area contributed by atoms with E-state index in [1.165, 1.54) is 12.1 Å². The van der Waals surface area contributed by atoms with Gasteiger partial charge in [-0.1, -0.05) is 30.3 Å². The lowest BCUT2D eigenvalue weighted by Crippen LogP contribution is -2.28. The van der Waals surface area contributed by atoms with Crippen LogP contribution in [0.5, 0.6) is 0 Å². The van der Waals surface area contributed by atoms with Crippen LogP contribution in [0.15, 0.2) is 60.3 Å². The molecule has 0 aliphatic carbocycles. The summed E-state index contributed by atoms with van der Waals surface area (Å²) >= 11 is 0. The van der Waals surface area contributed by atoms with Crippen molar-refractivity contribution in [3.63, 3.8) is 0 Å². The van der Waals surface area contributed by atoms with Gasteiger partial charge in [-0.3, -0.25) is 0 Å². The first-order valence-electron chi connectivity index (χ1n) is 6.84. The quantitative estimate of drug-likeness (QED) is 0.641. The van der Waals surface area contributed by atoms with E-state index in [4.69, 9.17) is 0 Å². The third-order valence-corrected chi connectivity index (χ3v) is 3.34. The van der Waals surface area contributed by atoms with Gasteiger partial charge in [0.05, 0.1) is 5.56 Å². The molecular formula is C17H13F6N. The smallest absolute Gasteiger partial charge is 0.341 e. The second kappa shape index (κ2) is 6.59. The summed E-state index contributed by atoms with van der Waals surface area (Å²) in [7, 11) is 1.16. The first-order chi connectivity index (χ1) is 11.1. The van der Waals surface area contributed by atoms with Crippen LogP contribution in [0.2, 0.25) is 0 Å². The second-order valence-electron chi connectivity index (χ2n) is 5.04. The lowest BCUT2D eigenvalue weighted by molar-refractivity contribution is -0.137. The summed E-state index contributed by atoms with van der Waals surface area (Å²) in [6.07, 6.45) is -8.26. The van der Waals surface area contributed by atoms with E-state index < -0.39 is 23.6 Å². The maximum absolute atomic E-state index is 13.3. The van der Waals surface area contributed by atoms with Gasteiger partial charge in [0.1, 0.15) is 5.70 Å². The topological polar surface area (TPSA) is 3.24 Å². The fraction of sp³-hybridized carbons (Fsp3) is 0.176. The van der Waals surface area contributed by atoms with Crippen molar-refractivity contribution in [3.8, 4) is 0 Å². The van der Waals surface area contributed by atoms with Crippen LogP contribution in [0.25, 0.3) is 6.08 Å². The largest absolute Gasteiger partial charge is 0.431 e. The molecule has 0 aromatic heterocycles. The number of benzene rings is 2.